The highest BCUT2D eigenvalue weighted by Crippen LogP contribution is 2.20. The predicted octanol–water partition coefficient (Wildman–Crippen LogP) is 1.77. The lowest BCUT2D eigenvalue weighted by Gasteiger charge is -2.29. The second-order valence-electron chi connectivity index (χ2n) is 5.07. The standard InChI is InChI=1S/C13H18N2O4S/c1-10-6-8-15(9-7-10)20(18,19)14-12-4-2-11(3-5-12)13(16)17/h2-5,10,14H,6-9H2,1H3,(H,16,17). The van der Waals surface area contributed by atoms with Crippen molar-refractivity contribution >= 4 is 21.9 Å². The molecule has 2 rings (SSSR count). The van der Waals surface area contributed by atoms with Gasteiger partial charge in [-0.3, -0.25) is 4.72 Å². The van der Waals surface area contributed by atoms with Gasteiger partial charge in [0.25, 0.3) is 0 Å². The molecule has 1 aliphatic heterocycles. The summed E-state index contributed by atoms with van der Waals surface area (Å²) in [7, 11) is -3.56. The fraction of sp³-hybridized carbons (Fsp3) is 0.462. The first kappa shape index (κ1) is 14.8. The number of piperidine rings is 1. The van der Waals surface area contributed by atoms with Crippen LogP contribution in [0.25, 0.3) is 0 Å². The summed E-state index contributed by atoms with van der Waals surface area (Å²) in [5, 5.41) is 8.79. The van der Waals surface area contributed by atoms with E-state index in [0.717, 1.165) is 12.8 Å². The van der Waals surface area contributed by atoms with Gasteiger partial charge in [0, 0.05) is 18.8 Å². The number of rotatable bonds is 4. The third kappa shape index (κ3) is 3.49. The Labute approximate surface area is 118 Å². The van der Waals surface area contributed by atoms with E-state index in [9.17, 15) is 13.2 Å². The van der Waals surface area contributed by atoms with Gasteiger partial charge in [-0.25, -0.2) is 4.79 Å². The maximum atomic E-state index is 12.2. The zero-order valence-electron chi connectivity index (χ0n) is 11.2. The summed E-state index contributed by atoms with van der Waals surface area (Å²) in [4.78, 5) is 10.7. The Morgan fingerprint density at radius 1 is 1.25 bits per heavy atom. The first-order chi connectivity index (χ1) is 9.38. The van der Waals surface area contributed by atoms with Crippen LogP contribution in [0.5, 0.6) is 0 Å². The van der Waals surface area contributed by atoms with Gasteiger partial charge in [-0.15, -0.1) is 0 Å². The number of benzene rings is 1. The lowest BCUT2D eigenvalue weighted by atomic mass is 10.0. The Balaban J connectivity index is 2.06. The van der Waals surface area contributed by atoms with E-state index < -0.39 is 16.2 Å². The molecule has 0 aromatic heterocycles. The normalized spacial score (nSPS) is 17.9. The number of nitrogens with one attached hydrogen (secondary N) is 1. The molecule has 0 bridgehead atoms. The lowest BCUT2D eigenvalue weighted by Crippen LogP contribution is -2.41. The third-order valence-corrected chi connectivity index (χ3v) is 5.00. The number of hydrogen-bond donors (Lipinski definition) is 2. The quantitative estimate of drug-likeness (QED) is 0.887. The van der Waals surface area contributed by atoms with Gasteiger partial charge < -0.3 is 5.11 Å². The SMILES string of the molecule is CC1CCN(S(=O)(=O)Nc2ccc(C(=O)O)cc2)CC1. The molecule has 20 heavy (non-hydrogen) atoms. The van der Waals surface area contributed by atoms with Crippen molar-refractivity contribution in [1.82, 2.24) is 4.31 Å². The molecule has 0 radical (unpaired) electrons. The van der Waals surface area contributed by atoms with Gasteiger partial charge in [0.15, 0.2) is 0 Å². The zero-order valence-corrected chi connectivity index (χ0v) is 12.1. The van der Waals surface area contributed by atoms with E-state index in [1.165, 1.54) is 28.6 Å². The van der Waals surface area contributed by atoms with E-state index in [1.54, 1.807) is 0 Å². The lowest BCUT2D eigenvalue weighted by molar-refractivity contribution is 0.0697. The molecule has 0 atom stereocenters. The van der Waals surface area contributed by atoms with Gasteiger partial charge in [0.2, 0.25) is 0 Å². The molecule has 1 heterocycles. The number of hydrogen-bond acceptors (Lipinski definition) is 3. The van der Waals surface area contributed by atoms with Crippen LogP contribution in [-0.4, -0.2) is 36.9 Å². The molecule has 7 heteroatoms. The Morgan fingerprint density at radius 2 is 1.80 bits per heavy atom. The smallest absolute Gasteiger partial charge is 0.335 e. The van der Waals surface area contributed by atoms with Crippen LogP contribution in [0.15, 0.2) is 24.3 Å². The van der Waals surface area contributed by atoms with Crippen molar-refractivity contribution in [3.05, 3.63) is 29.8 Å². The molecule has 110 valence electrons. The van der Waals surface area contributed by atoms with Gasteiger partial charge in [-0.2, -0.15) is 12.7 Å². The van der Waals surface area contributed by atoms with Crippen LogP contribution in [0.2, 0.25) is 0 Å². The first-order valence-corrected chi connectivity index (χ1v) is 7.94. The number of anilines is 1. The van der Waals surface area contributed by atoms with Crippen LogP contribution in [0.4, 0.5) is 5.69 Å². The van der Waals surface area contributed by atoms with Gasteiger partial charge >= 0.3 is 16.2 Å². The molecule has 1 fully saturated rings. The highest BCUT2D eigenvalue weighted by Gasteiger charge is 2.26. The summed E-state index contributed by atoms with van der Waals surface area (Å²) < 4.78 is 28.3. The number of carboxylic acid groups (broad SMARTS) is 1. The van der Waals surface area contributed by atoms with Gasteiger partial charge in [-0.05, 0) is 43.0 Å². The van der Waals surface area contributed by atoms with Crippen molar-refractivity contribution in [1.29, 1.82) is 0 Å². The average Bonchev–Trinajstić information content (AvgIpc) is 2.39. The van der Waals surface area contributed by atoms with E-state index in [4.69, 9.17) is 5.11 Å². The minimum atomic E-state index is -3.56. The minimum absolute atomic E-state index is 0.125. The van der Waals surface area contributed by atoms with Crippen LogP contribution < -0.4 is 4.72 Å². The topological polar surface area (TPSA) is 86.7 Å². The number of aromatic carboxylic acids is 1. The van der Waals surface area contributed by atoms with E-state index in [2.05, 4.69) is 11.6 Å². The fourth-order valence-electron chi connectivity index (χ4n) is 2.12. The molecule has 0 unspecified atom stereocenters. The van der Waals surface area contributed by atoms with Crippen molar-refractivity contribution < 1.29 is 18.3 Å². The second kappa shape index (κ2) is 5.80. The molecule has 2 N–H and O–H groups in total. The molecule has 6 nitrogen and oxygen atoms in total. The minimum Gasteiger partial charge on any atom is -0.478 e. The summed E-state index contributed by atoms with van der Waals surface area (Å²) in [5.74, 6) is -0.485. The number of carbonyl (C=O) groups is 1. The molecular weight excluding hydrogens is 280 g/mol. The average molecular weight is 298 g/mol. The zero-order chi connectivity index (χ0) is 14.8. The summed E-state index contributed by atoms with van der Waals surface area (Å²) >= 11 is 0. The largest absolute Gasteiger partial charge is 0.478 e. The van der Waals surface area contributed by atoms with Gasteiger partial charge in [-0.1, -0.05) is 6.92 Å². The third-order valence-electron chi connectivity index (χ3n) is 3.46. The highest BCUT2D eigenvalue weighted by atomic mass is 32.2. The summed E-state index contributed by atoms with van der Waals surface area (Å²) in [5.41, 5.74) is 0.494. The van der Waals surface area contributed by atoms with Crippen molar-refractivity contribution in [2.75, 3.05) is 17.8 Å². The number of nitrogens with zero attached hydrogens (tertiary/aromatic N) is 1. The summed E-state index contributed by atoms with van der Waals surface area (Å²) in [6, 6.07) is 5.65. The summed E-state index contributed by atoms with van der Waals surface area (Å²) in [6.07, 6.45) is 1.72. The van der Waals surface area contributed by atoms with Crippen LogP contribution in [0.3, 0.4) is 0 Å². The van der Waals surface area contributed by atoms with Crippen LogP contribution >= 0.6 is 0 Å². The monoisotopic (exact) mass is 298 g/mol. The van der Waals surface area contributed by atoms with Gasteiger partial charge in [0.1, 0.15) is 0 Å². The Bertz CT molecular complexity index is 575. The molecule has 0 spiro atoms. The highest BCUT2D eigenvalue weighted by molar-refractivity contribution is 7.90. The molecule has 0 saturated carbocycles. The van der Waals surface area contributed by atoms with Crippen LogP contribution in [-0.2, 0) is 10.2 Å². The molecule has 1 saturated heterocycles. The maximum absolute atomic E-state index is 12.2. The van der Waals surface area contributed by atoms with Crippen molar-refractivity contribution in [3.8, 4) is 0 Å². The molecular formula is C13H18N2O4S. The Kier molecular flexibility index (Phi) is 4.29. The number of carboxylic acids is 1. The predicted molar refractivity (Wildman–Crippen MR) is 75.9 cm³/mol. The van der Waals surface area contributed by atoms with E-state index >= 15 is 0 Å². The molecule has 1 aliphatic rings. The molecule has 1 aromatic rings. The van der Waals surface area contributed by atoms with E-state index in [1.807, 2.05) is 0 Å². The van der Waals surface area contributed by atoms with E-state index in [-0.39, 0.29) is 5.56 Å². The van der Waals surface area contributed by atoms with Gasteiger partial charge in [0.05, 0.1) is 5.56 Å². The Morgan fingerprint density at radius 3 is 2.30 bits per heavy atom. The molecule has 0 aliphatic carbocycles. The second-order valence-corrected chi connectivity index (χ2v) is 6.74. The maximum Gasteiger partial charge on any atom is 0.335 e. The van der Waals surface area contributed by atoms with Crippen LogP contribution in [0, 0.1) is 5.92 Å². The molecule has 0 amide bonds. The van der Waals surface area contributed by atoms with Crippen molar-refractivity contribution in [2.45, 2.75) is 19.8 Å². The van der Waals surface area contributed by atoms with E-state index in [0.29, 0.717) is 24.7 Å². The van der Waals surface area contributed by atoms with Crippen LogP contribution in [0.1, 0.15) is 30.1 Å². The van der Waals surface area contributed by atoms with Crippen molar-refractivity contribution in [3.63, 3.8) is 0 Å². The van der Waals surface area contributed by atoms with Crippen molar-refractivity contribution in [2.24, 2.45) is 5.92 Å². The summed E-state index contributed by atoms with van der Waals surface area (Å²) in [6.45, 7) is 3.15. The molecule has 1 aromatic carbocycles. The fourth-order valence-corrected chi connectivity index (χ4v) is 3.37. The first-order valence-electron chi connectivity index (χ1n) is 6.50. The Hall–Kier alpha value is -1.60.